The molecule has 1 unspecified atom stereocenters. The smallest absolute Gasteiger partial charge is 0.129 e. The van der Waals surface area contributed by atoms with E-state index in [0.29, 0.717) is 10.0 Å². The normalized spacial score (nSPS) is 15.5. The Morgan fingerprint density at radius 2 is 2.23 bits per heavy atom. The summed E-state index contributed by atoms with van der Waals surface area (Å²) in [6, 6.07) is 4.59. The molecule has 1 aromatic carbocycles. The molecule has 0 aliphatic rings. The van der Waals surface area contributed by atoms with Crippen molar-refractivity contribution in [2.45, 2.75) is 12.5 Å². The van der Waals surface area contributed by atoms with E-state index in [2.05, 4.69) is 15.9 Å². The van der Waals surface area contributed by atoms with Gasteiger partial charge in [0.05, 0.1) is 12.1 Å². The van der Waals surface area contributed by atoms with Gasteiger partial charge < -0.3 is 10.8 Å². The quantitative estimate of drug-likeness (QED) is 0.837. The molecule has 3 N–H and O–H groups in total. The van der Waals surface area contributed by atoms with E-state index < -0.39 is 11.4 Å². The first-order valence-corrected chi connectivity index (χ1v) is 4.62. The lowest BCUT2D eigenvalue weighted by Gasteiger charge is -2.22. The molecule has 0 bridgehead atoms. The van der Waals surface area contributed by atoms with Crippen molar-refractivity contribution in [3.8, 4) is 0 Å². The van der Waals surface area contributed by atoms with Crippen LogP contribution in [0.25, 0.3) is 0 Å². The Labute approximate surface area is 84.7 Å². The van der Waals surface area contributed by atoms with Gasteiger partial charge in [-0.05, 0) is 19.1 Å². The lowest BCUT2D eigenvalue weighted by molar-refractivity contribution is 0.206. The largest absolute Gasteiger partial charge is 0.394 e. The molecule has 0 saturated heterocycles. The standard InChI is InChI=1S/C9H11BrFNO/c1-9(12,5-13)7-3-2-6(10)4-8(7)11/h2-4,13H,5,12H2,1H3. The van der Waals surface area contributed by atoms with E-state index in [1.807, 2.05) is 0 Å². The first-order valence-electron chi connectivity index (χ1n) is 3.82. The van der Waals surface area contributed by atoms with Gasteiger partial charge in [-0.3, -0.25) is 0 Å². The van der Waals surface area contributed by atoms with Crippen LogP contribution in [0, 0.1) is 5.82 Å². The first-order chi connectivity index (χ1) is 5.97. The SMILES string of the molecule is CC(N)(CO)c1ccc(Br)cc1F. The van der Waals surface area contributed by atoms with Crippen LogP contribution in [0.5, 0.6) is 0 Å². The second-order valence-corrected chi connectivity index (χ2v) is 4.12. The number of hydrogen-bond donors (Lipinski definition) is 2. The number of hydrogen-bond acceptors (Lipinski definition) is 2. The second kappa shape index (κ2) is 3.74. The molecule has 2 nitrogen and oxygen atoms in total. The number of benzene rings is 1. The van der Waals surface area contributed by atoms with Crippen LogP contribution in [0.1, 0.15) is 12.5 Å². The predicted molar refractivity (Wildman–Crippen MR) is 52.7 cm³/mol. The van der Waals surface area contributed by atoms with Gasteiger partial charge in [0.2, 0.25) is 0 Å². The summed E-state index contributed by atoms with van der Waals surface area (Å²) in [6.07, 6.45) is 0. The highest BCUT2D eigenvalue weighted by Crippen LogP contribution is 2.23. The van der Waals surface area contributed by atoms with Crippen LogP contribution in [0.15, 0.2) is 22.7 Å². The average Bonchev–Trinajstić information content (AvgIpc) is 2.03. The molecule has 0 amide bonds. The van der Waals surface area contributed by atoms with Crippen molar-refractivity contribution in [1.29, 1.82) is 0 Å². The lowest BCUT2D eigenvalue weighted by atomic mass is 9.94. The van der Waals surface area contributed by atoms with E-state index in [4.69, 9.17) is 10.8 Å². The van der Waals surface area contributed by atoms with Crippen molar-refractivity contribution >= 4 is 15.9 Å². The second-order valence-electron chi connectivity index (χ2n) is 3.20. The summed E-state index contributed by atoms with van der Waals surface area (Å²) < 4.78 is 14.0. The summed E-state index contributed by atoms with van der Waals surface area (Å²) in [5.74, 6) is -0.409. The number of rotatable bonds is 2. The lowest BCUT2D eigenvalue weighted by Crippen LogP contribution is -2.37. The van der Waals surface area contributed by atoms with Crippen molar-refractivity contribution in [1.82, 2.24) is 0 Å². The highest BCUT2D eigenvalue weighted by Gasteiger charge is 2.23. The summed E-state index contributed by atoms with van der Waals surface area (Å²) in [6.45, 7) is 1.30. The zero-order valence-corrected chi connectivity index (χ0v) is 8.81. The van der Waals surface area contributed by atoms with E-state index in [1.54, 1.807) is 19.1 Å². The van der Waals surface area contributed by atoms with Gasteiger partial charge in [-0.2, -0.15) is 0 Å². The highest BCUT2D eigenvalue weighted by atomic mass is 79.9. The van der Waals surface area contributed by atoms with Crippen molar-refractivity contribution in [3.05, 3.63) is 34.1 Å². The zero-order chi connectivity index (χ0) is 10.1. The van der Waals surface area contributed by atoms with E-state index in [9.17, 15) is 4.39 Å². The Morgan fingerprint density at radius 1 is 1.62 bits per heavy atom. The summed E-state index contributed by atoms with van der Waals surface area (Å²) in [5, 5.41) is 8.94. The van der Waals surface area contributed by atoms with Gasteiger partial charge in [-0.25, -0.2) is 4.39 Å². The van der Waals surface area contributed by atoms with Crippen molar-refractivity contribution in [2.24, 2.45) is 5.73 Å². The molecule has 1 rings (SSSR count). The molecule has 1 atom stereocenters. The molecular formula is C9H11BrFNO. The molecule has 4 heteroatoms. The van der Waals surface area contributed by atoms with E-state index in [1.165, 1.54) is 6.07 Å². The minimum atomic E-state index is -1.02. The van der Waals surface area contributed by atoms with Gasteiger partial charge in [0.15, 0.2) is 0 Å². The summed E-state index contributed by atoms with van der Waals surface area (Å²) in [5.41, 5.74) is 4.98. The third-order valence-electron chi connectivity index (χ3n) is 1.87. The van der Waals surface area contributed by atoms with Crippen LogP contribution in [-0.2, 0) is 5.54 Å². The minimum absolute atomic E-state index is 0.286. The van der Waals surface area contributed by atoms with Gasteiger partial charge in [-0.15, -0.1) is 0 Å². The molecular weight excluding hydrogens is 237 g/mol. The third kappa shape index (κ3) is 2.27. The van der Waals surface area contributed by atoms with Crippen molar-refractivity contribution < 1.29 is 9.50 Å². The van der Waals surface area contributed by atoms with Crippen molar-refractivity contribution in [3.63, 3.8) is 0 Å². The summed E-state index contributed by atoms with van der Waals surface area (Å²) in [4.78, 5) is 0. The van der Waals surface area contributed by atoms with E-state index in [-0.39, 0.29) is 6.61 Å². The fraction of sp³-hybridized carbons (Fsp3) is 0.333. The van der Waals surface area contributed by atoms with E-state index in [0.717, 1.165) is 0 Å². The Kier molecular flexibility index (Phi) is 3.05. The van der Waals surface area contributed by atoms with E-state index >= 15 is 0 Å². The molecule has 0 heterocycles. The highest BCUT2D eigenvalue weighted by molar-refractivity contribution is 9.10. The maximum Gasteiger partial charge on any atom is 0.129 e. The Morgan fingerprint density at radius 3 is 2.69 bits per heavy atom. The molecule has 0 aromatic heterocycles. The minimum Gasteiger partial charge on any atom is -0.394 e. The van der Waals surface area contributed by atoms with Gasteiger partial charge in [-0.1, -0.05) is 22.0 Å². The molecule has 13 heavy (non-hydrogen) atoms. The fourth-order valence-electron chi connectivity index (χ4n) is 1.04. The third-order valence-corrected chi connectivity index (χ3v) is 2.37. The van der Waals surface area contributed by atoms with Crippen LogP contribution in [0.3, 0.4) is 0 Å². The maximum absolute atomic E-state index is 13.3. The summed E-state index contributed by atoms with van der Waals surface area (Å²) >= 11 is 3.14. The van der Waals surface area contributed by atoms with Crippen LogP contribution in [0.4, 0.5) is 4.39 Å². The topological polar surface area (TPSA) is 46.2 Å². The van der Waals surface area contributed by atoms with Crippen LogP contribution >= 0.6 is 15.9 Å². The molecule has 0 fully saturated rings. The van der Waals surface area contributed by atoms with Gasteiger partial charge in [0, 0.05) is 10.0 Å². The van der Waals surface area contributed by atoms with Crippen LogP contribution in [-0.4, -0.2) is 11.7 Å². The monoisotopic (exact) mass is 247 g/mol. The van der Waals surface area contributed by atoms with Crippen LogP contribution < -0.4 is 5.73 Å². The van der Waals surface area contributed by atoms with Crippen molar-refractivity contribution in [2.75, 3.05) is 6.61 Å². The summed E-state index contributed by atoms with van der Waals surface area (Å²) in [7, 11) is 0. The molecule has 1 aromatic rings. The number of aliphatic hydroxyl groups excluding tert-OH is 1. The molecule has 0 spiro atoms. The Bertz CT molecular complexity index is 314. The van der Waals surface area contributed by atoms with Gasteiger partial charge in [0.1, 0.15) is 5.82 Å². The molecule has 0 saturated carbocycles. The maximum atomic E-state index is 13.3. The Hall–Kier alpha value is -0.450. The van der Waals surface area contributed by atoms with Gasteiger partial charge in [0.25, 0.3) is 0 Å². The molecule has 0 aliphatic carbocycles. The van der Waals surface area contributed by atoms with Gasteiger partial charge >= 0.3 is 0 Å². The molecule has 0 radical (unpaired) electrons. The Balaban J connectivity index is 3.16. The fourth-order valence-corrected chi connectivity index (χ4v) is 1.37. The number of halogens is 2. The molecule has 0 aliphatic heterocycles. The van der Waals surface area contributed by atoms with Crippen LogP contribution in [0.2, 0.25) is 0 Å². The number of aliphatic hydroxyl groups is 1. The average molecular weight is 248 g/mol. The number of nitrogens with two attached hydrogens (primary N) is 1. The predicted octanol–water partition coefficient (Wildman–Crippen LogP) is 1.75. The molecule has 72 valence electrons. The zero-order valence-electron chi connectivity index (χ0n) is 7.22. The first kappa shape index (κ1) is 10.6.